The van der Waals surface area contributed by atoms with Crippen LogP contribution in [0, 0.1) is 18.3 Å². The fourth-order valence-electron chi connectivity index (χ4n) is 1.85. The van der Waals surface area contributed by atoms with Crippen LogP contribution in [0.25, 0.3) is 10.9 Å². The lowest BCUT2D eigenvalue weighted by atomic mass is 10.1. The number of benzene rings is 1. The number of esters is 1. The van der Waals surface area contributed by atoms with Crippen LogP contribution in [-0.4, -0.2) is 18.1 Å². The molecule has 2 aromatic rings. The minimum absolute atomic E-state index is 0.313. The van der Waals surface area contributed by atoms with Crippen molar-refractivity contribution in [1.29, 1.82) is 5.26 Å². The van der Waals surface area contributed by atoms with Gasteiger partial charge in [-0.2, -0.15) is 5.26 Å². The van der Waals surface area contributed by atoms with Crippen molar-refractivity contribution in [2.24, 2.45) is 0 Å². The molecule has 0 spiro atoms. The van der Waals surface area contributed by atoms with E-state index in [-0.39, 0.29) is 0 Å². The summed E-state index contributed by atoms with van der Waals surface area (Å²) < 4.78 is 4.66. The maximum absolute atomic E-state index is 11.5. The molecule has 0 fully saturated rings. The Hall–Kier alpha value is -2.48. The van der Waals surface area contributed by atoms with Gasteiger partial charge in [-0.3, -0.25) is 0 Å². The Morgan fingerprint density at radius 3 is 2.82 bits per heavy atom. The van der Waals surface area contributed by atoms with Crippen LogP contribution in [0.1, 0.15) is 21.5 Å². The molecule has 5 nitrogen and oxygen atoms in total. The van der Waals surface area contributed by atoms with Gasteiger partial charge in [-0.15, -0.1) is 0 Å². The quantitative estimate of drug-likeness (QED) is 0.728. The first-order chi connectivity index (χ1) is 8.08. The van der Waals surface area contributed by atoms with Crippen LogP contribution >= 0.6 is 0 Å². The molecular weight excluding hydrogens is 218 g/mol. The van der Waals surface area contributed by atoms with Crippen LogP contribution in [0.3, 0.4) is 0 Å². The van der Waals surface area contributed by atoms with Gasteiger partial charge in [0.05, 0.1) is 18.2 Å². The third-order valence-electron chi connectivity index (χ3n) is 2.67. The number of nitrogens with zero attached hydrogens (tertiary/aromatic N) is 1. The largest absolute Gasteiger partial charge is 0.465 e. The predicted molar refractivity (Wildman–Crippen MR) is 63.5 cm³/mol. The predicted octanol–water partition coefficient (Wildman–Crippen LogP) is 1.72. The topological polar surface area (TPSA) is 91.9 Å². The number of nitrogens with two attached hydrogens (primary N) is 1. The van der Waals surface area contributed by atoms with Crippen LogP contribution in [0.5, 0.6) is 0 Å². The SMILES string of the molecule is COC(=O)c1cc(C)c2[nH]c(N)c(C#N)c2c1. The third kappa shape index (κ3) is 1.60. The zero-order chi connectivity index (χ0) is 12.6. The molecule has 0 atom stereocenters. The van der Waals surface area contributed by atoms with Crippen LogP contribution in [0.15, 0.2) is 12.1 Å². The standard InChI is InChI=1S/C12H11N3O2/c1-6-3-7(12(16)17-2)4-8-9(5-13)11(14)15-10(6)8/h3-4,15H,14H2,1-2H3. The molecule has 0 aliphatic heterocycles. The van der Waals surface area contributed by atoms with Crippen molar-refractivity contribution < 1.29 is 9.53 Å². The molecule has 2 rings (SSSR count). The third-order valence-corrected chi connectivity index (χ3v) is 2.67. The summed E-state index contributed by atoms with van der Waals surface area (Å²) in [7, 11) is 1.32. The molecule has 3 N–H and O–H groups in total. The molecule has 0 amide bonds. The number of hydrogen-bond acceptors (Lipinski definition) is 4. The fourth-order valence-corrected chi connectivity index (χ4v) is 1.85. The van der Waals surface area contributed by atoms with E-state index in [9.17, 15) is 4.79 Å². The number of nitriles is 1. The van der Waals surface area contributed by atoms with E-state index >= 15 is 0 Å². The number of nitrogens with one attached hydrogen (secondary N) is 1. The number of fused-ring (bicyclic) bond motifs is 1. The number of methoxy groups -OCH3 is 1. The maximum atomic E-state index is 11.5. The zero-order valence-corrected chi connectivity index (χ0v) is 9.50. The highest BCUT2D eigenvalue weighted by Gasteiger charge is 2.14. The van der Waals surface area contributed by atoms with Crippen molar-refractivity contribution in [3.05, 3.63) is 28.8 Å². The summed E-state index contributed by atoms with van der Waals surface area (Å²) in [6.45, 7) is 1.84. The summed E-state index contributed by atoms with van der Waals surface area (Å²) in [5.74, 6) is -0.119. The summed E-state index contributed by atoms with van der Waals surface area (Å²) >= 11 is 0. The molecule has 0 radical (unpaired) electrons. The Morgan fingerprint density at radius 1 is 1.53 bits per heavy atom. The molecule has 0 saturated carbocycles. The van der Waals surface area contributed by atoms with E-state index in [0.717, 1.165) is 11.1 Å². The first-order valence-corrected chi connectivity index (χ1v) is 4.98. The Kier molecular flexibility index (Phi) is 2.48. The van der Waals surface area contributed by atoms with Gasteiger partial charge in [-0.05, 0) is 24.6 Å². The van der Waals surface area contributed by atoms with Crippen LogP contribution in [-0.2, 0) is 4.74 Å². The molecule has 0 aliphatic carbocycles. The highest BCUT2D eigenvalue weighted by atomic mass is 16.5. The van der Waals surface area contributed by atoms with Gasteiger partial charge in [0.2, 0.25) is 0 Å². The summed E-state index contributed by atoms with van der Waals surface area (Å²) in [4.78, 5) is 14.4. The second kappa shape index (κ2) is 3.83. The summed E-state index contributed by atoms with van der Waals surface area (Å²) in [5.41, 5.74) is 8.08. The first-order valence-electron chi connectivity index (χ1n) is 4.98. The number of rotatable bonds is 1. The number of nitrogen functional groups attached to an aromatic ring is 1. The highest BCUT2D eigenvalue weighted by molar-refractivity contribution is 5.99. The Balaban J connectivity index is 2.80. The molecule has 86 valence electrons. The minimum Gasteiger partial charge on any atom is -0.465 e. The lowest BCUT2D eigenvalue weighted by Gasteiger charge is -2.02. The van der Waals surface area contributed by atoms with Crippen molar-refractivity contribution in [2.75, 3.05) is 12.8 Å². The normalized spacial score (nSPS) is 10.2. The van der Waals surface area contributed by atoms with Gasteiger partial charge in [0.15, 0.2) is 0 Å². The van der Waals surface area contributed by atoms with Gasteiger partial charge >= 0.3 is 5.97 Å². The van der Waals surface area contributed by atoms with Gasteiger partial charge in [0.25, 0.3) is 0 Å². The summed E-state index contributed by atoms with van der Waals surface area (Å²) in [6.07, 6.45) is 0. The van der Waals surface area contributed by atoms with Gasteiger partial charge in [-0.1, -0.05) is 0 Å². The van der Waals surface area contributed by atoms with Crippen molar-refractivity contribution in [2.45, 2.75) is 6.92 Å². The molecule has 1 aromatic heterocycles. The minimum atomic E-state index is -0.432. The van der Waals surface area contributed by atoms with Gasteiger partial charge in [0, 0.05) is 5.39 Å². The number of aryl methyl sites for hydroxylation is 1. The number of aromatic nitrogens is 1. The van der Waals surface area contributed by atoms with Crippen molar-refractivity contribution in [1.82, 2.24) is 4.98 Å². The molecule has 0 bridgehead atoms. The van der Waals surface area contributed by atoms with Gasteiger partial charge in [0.1, 0.15) is 17.5 Å². The van der Waals surface area contributed by atoms with E-state index in [0.29, 0.717) is 22.3 Å². The van der Waals surface area contributed by atoms with Crippen LogP contribution in [0.2, 0.25) is 0 Å². The molecule has 5 heteroatoms. The smallest absolute Gasteiger partial charge is 0.337 e. The van der Waals surface area contributed by atoms with E-state index in [1.54, 1.807) is 12.1 Å². The number of carbonyl (C=O) groups is 1. The van der Waals surface area contributed by atoms with E-state index in [4.69, 9.17) is 11.0 Å². The van der Waals surface area contributed by atoms with Crippen LogP contribution in [0.4, 0.5) is 5.82 Å². The van der Waals surface area contributed by atoms with Gasteiger partial charge in [-0.25, -0.2) is 4.79 Å². The number of hydrogen-bond donors (Lipinski definition) is 2. The molecule has 1 heterocycles. The Morgan fingerprint density at radius 2 is 2.24 bits per heavy atom. The fraction of sp³-hybridized carbons (Fsp3) is 0.167. The molecular formula is C12H11N3O2. The molecule has 0 unspecified atom stereocenters. The number of anilines is 1. The number of aromatic amines is 1. The van der Waals surface area contributed by atoms with E-state index in [1.165, 1.54) is 7.11 Å². The Labute approximate surface area is 97.8 Å². The molecule has 17 heavy (non-hydrogen) atoms. The summed E-state index contributed by atoms with van der Waals surface area (Å²) in [6, 6.07) is 5.33. The lowest BCUT2D eigenvalue weighted by molar-refractivity contribution is 0.0601. The van der Waals surface area contributed by atoms with E-state index in [1.807, 2.05) is 13.0 Å². The number of ether oxygens (including phenoxy) is 1. The average Bonchev–Trinajstić information content (AvgIpc) is 2.64. The van der Waals surface area contributed by atoms with Gasteiger partial charge < -0.3 is 15.5 Å². The molecule has 0 aliphatic rings. The number of carbonyl (C=O) groups excluding carboxylic acids is 1. The van der Waals surface area contributed by atoms with E-state index in [2.05, 4.69) is 9.72 Å². The average molecular weight is 229 g/mol. The second-order valence-corrected chi connectivity index (χ2v) is 3.73. The zero-order valence-electron chi connectivity index (χ0n) is 9.50. The second-order valence-electron chi connectivity index (χ2n) is 3.73. The Bertz CT molecular complexity index is 650. The van der Waals surface area contributed by atoms with Crippen molar-refractivity contribution in [3.63, 3.8) is 0 Å². The van der Waals surface area contributed by atoms with Crippen molar-refractivity contribution in [3.8, 4) is 6.07 Å². The van der Waals surface area contributed by atoms with Crippen LogP contribution < -0.4 is 5.73 Å². The molecule has 1 aromatic carbocycles. The number of H-pyrrole nitrogens is 1. The lowest BCUT2D eigenvalue weighted by Crippen LogP contribution is -2.01. The maximum Gasteiger partial charge on any atom is 0.337 e. The highest BCUT2D eigenvalue weighted by Crippen LogP contribution is 2.27. The van der Waals surface area contributed by atoms with Crippen molar-refractivity contribution >= 4 is 22.7 Å². The van der Waals surface area contributed by atoms with E-state index < -0.39 is 5.97 Å². The molecule has 0 saturated heterocycles. The monoisotopic (exact) mass is 229 g/mol. The summed E-state index contributed by atoms with van der Waals surface area (Å²) in [5, 5.41) is 9.66. The first kappa shape index (κ1) is 11.0.